The third kappa shape index (κ3) is 8.89. The van der Waals surface area contributed by atoms with Crippen LogP contribution < -0.4 is 5.32 Å². The summed E-state index contributed by atoms with van der Waals surface area (Å²) in [6.07, 6.45) is 1.11. The Kier molecular flexibility index (Phi) is 11.8. The van der Waals surface area contributed by atoms with Gasteiger partial charge in [-0.25, -0.2) is 4.98 Å². The standard InChI is InChI=1S/C15H28N4OS.HI/c1-12(2)6-8-20-9-7-17-15(16-4)19(5)10-14-11-21-13(3)18-14;/h11-12H,6-10H2,1-5H3,(H,16,17);1H. The van der Waals surface area contributed by atoms with Crippen molar-refractivity contribution in [2.75, 3.05) is 33.9 Å². The van der Waals surface area contributed by atoms with Gasteiger partial charge in [0.2, 0.25) is 0 Å². The minimum absolute atomic E-state index is 0. The Labute approximate surface area is 155 Å². The summed E-state index contributed by atoms with van der Waals surface area (Å²) in [4.78, 5) is 10.8. The molecule has 128 valence electrons. The van der Waals surface area contributed by atoms with Crippen molar-refractivity contribution in [1.82, 2.24) is 15.2 Å². The Hall–Kier alpha value is -0.410. The largest absolute Gasteiger partial charge is 0.380 e. The van der Waals surface area contributed by atoms with Gasteiger partial charge in [-0.2, -0.15) is 0 Å². The molecule has 7 heteroatoms. The van der Waals surface area contributed by atoms with Gasteiger partial charge in [0, 0.05) is 32.6 Å². The lowest BCUT2D eigenvalue weighted by molar-refractivity contribution is 0.127. The number of nitrogens with one attached hydrogen (secondary N) is 1. The molecule has 5 nitrogen and oxygen atoms in total. The molecule has 0 unspecified atom stereocenters. The number of halogens is 1. The zero-order valence-electron chi connectivity index (χ0n) is 14.3. The lowest BCUT2D eigenvalue weighted by Crippen LogP contribution is -2.40. The summed E-state index contributed by atoms with van der Waals surface area (Å²) in [7, 11) is 3.81. The Morgan fingerprint density at radius 1 is 1.45 bits per heavy atom. The highest BCUT2D eigenvalue weighted by atomic mass is 127. The molecule has 0 amide bonds. The Balaban J connectivity index is 0.00000441. The fourth-order valence-electron chi connectivity index (χ4n) is 1.84. The first-order chi connectivity index (χ1) is 10.0. The minimum Gasteiger partial charge on any atom is -0.380 e. The van der Waals surface area contributed by atoms with E-state index < -0.39 is 0 Å². The summed E-state index contributed by atoms with van der Waals surface area (Å²) in [6, 6.07) is 0. The van der Waals surface area contributed by atoms with Crippen molar-refractivity contribution in [1.29, 1.82) is 0 Å². The fraction of sp³-hybridized carbons (Fsp3) is 0.733. The van der Waals surface area contributed by atoms with E-state index in [9.17, 15) is 0 Å². The van der Waals surface area contributed by atoms with Gasteiger partial charge >= 0.3 is 0 Å². The smallest absolute Gasteiger partial charge is 0.193 e. The summed E-state index contributed by atoms with van der Waals surface area (Å²) in [5, 5.41) is 6.50. The van der Waals surface area contributed by atoms with Gasteiger partial charge in [0.1, 0.15) is 0 Å². The molecule has 1 N–H and O–H groups in total. The van der Waals surface area contributed by atoms with Crippen LogP contribution in [0.4, 0.5) is 0 Å². The van der Waals surface area contributed by atoms with Crippen molar-refractivity contribution < 1.29 is 4.74 Å². The first-order valence-corrected chi connectivity index (χ1v) is 8.31. The molecule has 0 aliphatic heterocycles. The molecular formula is C15H29IN4OS. The summed E-state index contributed by atoms with van der Waals surface area (Å²) >= 11 is 1.68. The quantitative estimate of drug-likeness (QED) is 0.292. The molecule has 1 heterocycles. The number of hydrogen-bond donors (Lipinski definition) is 1. The third-order valence-corrected chi connectivity index (χ3v) is 3.83. The van der Waals surface area contributed by atoms with Crippen LogP contribution in [0.2, 0.25) is 0 Å². The van der Waals surface area contributed by atoms with Gasteiger partial charge in [-0.05, 0) is 19.3 Å². The number of nitrogens with zero attached hydrogens (tertiary/aromatic N) is 3. The number of aliphatic imine (C=N–C) groups is 1. The molecular weight excluding hydrogens is 411 g/mol. The third-order valence-electron chi connectivity index (χ3n) is 3.01. The summed E-state index contributed by atoms with van der Waals surface area (Å²) < 4.78 is 5.59. The van der Waals surface area contributed by atoms with Crippen LogP contribution in [0.25, 0.3) is 0 Å². The molecule has 22 heavy (non-hydrogen) atoms. The van der Waals surface area contributed by atoms with Crippen LogP contribution in [-0.4, -0.2) is 49.7 Å². The average molecular weight is 440 g/mol. The average Bonchev–Trinajstić information content (AvgIpc) is 2.82. The van der Waals surface area contributed by atoms with Crippen LogP contribution in [-0.2, 0) is 11.3 Å². The molecule has 0 aromatic carbocycles. The Morgan fingerprint density at radius 2 is 2.18 bits per heavy atom. The zero-order chi connectivity index (χ0) is 15.7. The first kappa shape index (κ1) is 21.6. The predicted octanol–water partition coefficient (Wildman–Crippen LogP) is 3.14. The number of rotatable bonds is 8. The van der Waals surface area contributed by atoms with Crippen molar-refractivity contribution in [2.45, 2.75) is 33.7 Å². The number of guanidine groups is 1. The van der Waals surface area contributed by atoms with Crippen LogP contribution in [0.3, 0.4) is 0 Å². The molecule has 0 saturated carbocycles. The van der Waals surface area contributed by atoms with Gasteiger partial charge in [0.15, 0.2) is 5.96 Å². The highest BCUT2D eigenvalue weighted by Crippen LogP contribution is 2.09. The molecule has 0 radical (unpaired) electrons. The number of hydrogen-bond acceptors (Lipinski definition) is 4. The maximum absolute atomic E-state index is 5.59. The van der Waals surface area contributed by atoms with E-state index in [2.05, 4.69) is 39.4 Å². The normalized spacial score (nSPS) is 11.5. The van der Waals surface area contributed by atoms with E-state index >= 15 is 0 Å². The van der Waals surface area contributed by atoms with E-state index in [4.69, 9.17) is 4.74 Å². The number of aromatic nitrogens is 1. The number of ether oxygens (including phenoxy) is 1. The van der Waals surface area contributed by atoms with E-state index in [0.29, 0.717) is 12.5 Å². The van der Waals surface area contributed by atoms with Crippen LogP contribution in [0.5, 0.6) is 0 Å². The van der Waals surface area contributed by atoms with Gasteiger partial charge < -0.3 is 15.0 Å². The van der Waals surface area contributed by atoms with Crippen molar-refractivity contribution in [3.8, 4) is 0 Å². The van der Waals surface area contributed by atoms with Gasteiger partial charge in [-0.15, -0.1) is 35.3 Å². The van der Waals surface area contributed by atoms with Crippen LogP contribution in [0.1, 0.15) is 31.0 Å². The molecule has 0 spiro atoms. The van der Waals surface area contributed by atoms with Gasteiger partial charge in [0.05, 0.1) is 23.9 Å². The monoisotopic (exact) mass is 440 g/mol. The van der Waals surface area contributed by atoms with E-state index in [1.165, 1.54) is 0 Å². The minimum atomic E-state index is 0. The molecule has 1 rings (SSSR count). The van der Waals surface area contributed by atoms with Crippen molar-refractivity contribution in [3.05, 3.63) is 16.1 Å². The molecule has 0 fully saturated rings. The fourth-order valence-corrected chi connectivity index (χ4v) is 2.44. The van der Waals surface area contributed by atoms with E-state index in [1.807, 2.05) is 14.0 Å². The molecule has 0 aliphatic carbocycles. The van der Waals surface area contributed by atoms with Gasteiger partial charge in [0.25, 0.3) is 0 Å². The van der Waals surface area contributed by atoms with Crippen LogP contribution in [0.15, 0.2) is 10.4 Å². The van der Waals surface area contributed by atoms with E-state index in [1.54, 1.807) is 18.4 Å². The lowest BCUT2D eigenvalue weighted by atomic mass is 10.1. The highest BCUT2D eigenvalue weighted by Gasteiger charge is 2.08. The second-order valence-corrected chi connectivity index (χ2v) is 6.55. The lowest BCUT2D eigenvalue weighted by Gasteiger charge is -2.21. The van der Waals surface area contributed by atoms with Gasteiger partial charge in [-0.3, -0.25) is 4.99 Å². The zero-order valence-corrected chi connectivity index (χ0v) is 17.4. The molecule has 1 aromatic heterocycles. The van der Waals surface area contributed by atoms with Crippen LogP contribution in [0, 0.1) is 12.8 Å². The van der Waals surface area contributed by atoms with Crippen molar-refractivity contribution >= 4 is 41.3 Å². The van der Waals surface area contributed by atoms with Gasteiger partial charge in [-0.1, -0.05) is 13.8 Å². The first-order valence-electron chi connectivity index (χ1n) is 7.43. The van der Waals surface area contributed by atoms with Crippen molar-refractivity contribution in [3.63, 3.8) is 0 Å². The Bertz CT molecular complexity index is 437. The maximum Gasteiger partial charge on any atom is 0.193 e. The molecule has 0 bridgehead atoms. The Morgan fingerprint density at radius 3 is 2.73 bits per heavy atom. The number of thiazole rings is 1. The highest BCUT2D eigenvalue weighted by molar-refractivity contribution is 14.0. The molecule has 0 saturated heterocycles. The molecule has 1 aromatic rings. The number of aryl methyl sites for hydroxylation is 1. The predicted molar refractivity (Wildman–Crippen MR) is 105 cm³/mol. The van der Waals surface area contributed by atoms with Crippen molar-refractivity contribution in [2.24, 2.45) is 10.9 Å². The second-order valence-electron chi connectivity index (χ2n) is 5.48. The SMILES string of the molecule is CN=C(NCCOCCC(C)C)N(C)Cc1csc(C)n1.I. The van der Waals surface area contributed by atoms with E-state index in [-0.39, 0.29) is 24.0 Å². The molecule has 0 aliphatic rings. The molecule has 0 atom stereocenters. The summed E-state index contributed by atoms with van der Waals surface area (Å²) in [6.45, 7) is 9.50. The topological polar surface area (TPSA) is 49.8 Å². The second kappa shape index (κ2) is 12.1. The van der Waals surface area contributed by atoms with Crippen LogP contribution >= 0.6 is 35.3 Å². The maximum atomic E-state index is 5.59. The summed E-state index contributed by atoms with van der Waals surface area (Å²) in [5.74, 6) is 1.56. The van der Waals surface area contributed by atoms with E-state index in [0.717, 1.165) is 42.8 Å². The summed E-state index contributed by atoms with van der Waals surface area (Å²) in [5.41, 5.74) is 1.08.